The number of aromatic hydroxyl groups is 2. The predicted octanol–water partition coefficient (Wildman–Crippen LogP) is 3.57. The van der Waals surface area contributed by atoms with Gasteiger partial charge in [-0.3, -0.25) is 5.32 Å². The molecule has 0 saturated heterocycles. The number of hydrogen-bond acceptors (Lipinski definition) is 6. The van der Waals surface area contributed by atoms with Crippen molar-refractivity contribution in [3.63, 3.8) is 0 Å². The van der Waals surface area contributed by atoms with Crippen LogP contribution in [0.3, 0.4) is 0 Å². The summed E-state index contributed by atoms with van der Waals surface area (Å²) in [5.74, 6) is -0.414. The summed E-state index contributed by atoms with van der Waals surface area (Å²) in [4.78, 5) is 15.9. The standard InChI is InChI=1S/C14H16N2O4S/c1-14(2,3)20-13(19)16-12-15-9(7-21-12)8-4-5-10(17)11(18)6-8/h4-7,17-18H,1-3H3,(H,15,16,19). The molecule has 2 aromatic rings. The van der Waals surface area contributed by atoms with Crippen LogP contribution in [-0.4, -0.2) is 26.9 Å². The molecule has 1 heterocycles. The fraction of sp³-hybridized carbons (Fsp3) is 0.286. The molecule has 0 aliphatic heterocycles. The van der Waals surface area contributed by atoms with Crippen LogP contribution in [0.5, 0.6) is 11.5 Å². The van der Waals surface area contributed by atoms with E-state index in [2.05, 4.69) is 10.3 Å². The van der Waals surface area contributed by atoms with Crippen molar-refractivity contribution in [3.05, 3.63) is 23.6 Å². The molecule has 0 atom stereocenters. The second kappa shape index (κ2) is 5.61. The molecule has 1 amide bonds. The number of anilines is 1. The first-order valence-corrected chi connectivity index (χ1v) is 7.10. The Morgan fingerprint density at radius 2 is 2.00 bits per heavy atom. The van der Waals surface area contributed by atoms with Crippen molar-refractivity contribution in [2.75, 3.05) is 5.32 Å². The number of amides is 1. The summed E-state index contributed by atoms with van der Waals surface area (Å²) in [7, 11) is 0. The van der Waals surface area contributed by atoms with Gasteiger partial charge >= 0.3 is 6.09 Å². The minimum Gasteiger partial charge on any atom is -0.504 e. The van der Waals surface area contributed by atoms with Crippen LogP contribution in [-0.2, 0) is 4.74 Å². The molecule has 0 spiro atoms. The van der Waals surface area contributed by atoms with Gasteiger partial charge in [-0.1, -0.05) is 0 Å². The average molecular weight is 308 g/mol. The molecular weight excluding hydrogens is 292 g/mol. The largest absolute Gasteiger partial charge is 0.504 e. The summed E-state index contributed by atoms with van der Waals surface area (Å²) in [6, 6.07) is 4.41. The van der Waals surface area contributed by atoms with Crippen molar-refractivity contribution in [2.24, 2.45) is 0 Å². The third kappa shape index (κ3) is 4.09. The van der Waals surface area contributed by atoms with Crippen molar-refractivity contribution in [1.29, 1.82) is 0 Å². The number of nitrogens with zero attached hydrogens (tertiary/aromatic N) is 1. The molecule has 0 radical (unpaired) electrons. The molecule has 1 aromatic carbocycles. The highest BCUT2D eigenvalue weighted by Crippen LogP contribution is 2.32. The first kappa shape index (κ1) is 15.1. The second-order valence-corrected chi connectivity index (χ2v) is 6.23. The number of carbonyl (C=O) groups is 1. The topological polar surface area (TPSA) is 91.7 Å². The molecule has 6 nitrogen and oxygen atoms in total. The quantitative estimate of drug-likeness (QED) is 0.738. The Kier molecular flexibility index (Phi) is 4.04. The van der Waals surface area contributed by atoms with Crippen LogP contribution >= 0.6 is 11.3 Å². The van der Waals surface area contributed by atoms with Gasteiger partial charge in [-0.05, 0) is 39.0 Å². The normalized spacial score (nSPS) is 11.2. The highest BCUT2D eigenvalue weighted by atomic mass is 32.1. The van der Waals surface area contributed by atoms with Crippen molar-refractivity contribution in [3.8, 4) is 22.8 Å². The molecule has 7 heteroatoms. The Morgan fingerprint density at radius 1 is 1.29 bits per heavy atom. The molecular formula is C14H16N2O4S. The highest BCUT2D eigenvalue weighted by Gasteiger charge is 2.17. The van der Waals surface area contributed by atoms with Crippen LogP contribution < -0.4 is 5.32 Å². The van der Waals surface area contributed by atoms with Gasteiger partial charge in [0.25, 0.3) is 0 Å². The number of phenols is 2. The van der Waals surface area contributed by atoms with Gasteiger partial charge in [-0.2, -0.15) is 0 Å². The van der Waals surface area contributed by atoms with Gasteiger partial charge < -0.3 is 14.9 Å². The fourth-order valence-electron chi connectivity index (χ4n) is 1.54. The van der Waals surface area contributed by atoms with Gasteiger partial charge in [0.05, 0.1) is 5.69 Å². The molecule has 0 bridgehead atoms. The van der Waals surface area contributed by atoms with Gasteiger partial charge in [0.1, 0.15) is 5.60 Å². The molecule has 0 aliphatic carbocycles. The SMILES string of the molecule is CC(C)(C)OC(=O)Nc1nc(-c2ccc(O)c(O)c2)cs1. The maximum absolute atomic E-state index is 11.6. The van der Waals surface area contributed by atoms with Crippen LogP contribution in [0.2, 0.25) is 0 Å². The number of benzene rings is 1. The lowest BCUT2D eigenvalue weighted by atomic mass is 10.1. The van der Waals surface area contributed by atoms with Crippen molar-refractivity contribution < 1.29 is 19.7 Å². The average Bonchev–Trinajstić information content (AvgIpc) is 2.78. The Bertz CT molecular complexity index is 661. The number of ether oxygens (including phenoxy) is 1. The van der Waals surface area contributed by atoms with Crippen molar-refractivity contribution in [1.82, 2.24) is 4.98 Å². The number of rotatable bonds is 2. The fourth-order valence-corrected chi connectivity index (χ4v) is 2.24. The molecule has 21 heavy (non-hydrogen) atoms. The lowest BCUT2D eigenvalue weighted by molar-refractivity contribution is 0.0636. The maximum Gasteiger partial charge on any atom is 0.413 e. The Balaban J connectivity index is 2.11. The Labute approximate surface area is 126 Å². The van der Waals surface area contributed by atoms with Crippen molar-refractivity contribution in [2.45, 2.75) is 26.4 Å². The van der Waals surface area contributed by atoms with Gasteiger partial charge in [0, 0.05) is 10.9 Å². The lowest BCUT2D eigenvalue weighted by Gasteiger charge is -2.18. The number of phenolic OH excluding ortho intramolecular Hbond substituents is 2. The third-order valence-corrected chi connectivity index (χ3v) is 3.14. The Morgan fingerprint density at radius 3 is 2.62 bits per heavy atom. The van der Waals surface area contributed by atoms with Gasteiger partial charge in [0.2, 0.25) is 0 Å². The third-order valence-electron chi connectivity index (χ3n) is 2.38. The van der Waals surface area contributed by atoms with Crippen molar-refractivity contribution >= 4 is 22.6 Å². The van der Waals surface area contributed by atoms with E-state index in [1.807, 2.05) is 0 Å². The Hall–Kier alpha value is -2.28. The molecule has 112 valence electrons. The molecule has 0 fully saturated rings. The van der Waals surface area contributed by atoms with Crippen LogP contribution in [0.4, 0.5) is 9.93 Å². The highest BCUT2D eigenvalue weighted by molar-refractivity contribution is 7.14. The van der Waals surface area contributed by atoms with Gasteiger partial charge in [0.15, 0.2) is 16.6 Å². The van der Waals surface area contributed by atoms with Crippen LogP contribution in [0.15, 0.2) is 23.6 Å². The monoisotopic (exact) mass is 308 g/mol. The van der Waals surface area contributed by atoms with Gasteiger partial charge in [-0.25, -0.2) is 9.78 Å². The van der Waals surface area contributed by atoms with Crippen LogP contribution in [0.25, 0.3) is 11.3 Å². The van der Waals surface area contributed by atoms with E-state index in [0.717, 1.165) is 0 Å². The molecule has 2 rings (SSSR count). The van der Waals surface area contributed by atoms with Crippen LogP contribution in [0.1, 0.15) is 20.8 Å². The van der Waals surface area contributed by atoms with E-state index < -0.39 is 11.7 Å². The molecule has 0 unspecified atom stereocenters. The zero-order chi connectivity index (χ0) is 15.6. The lowest BCUT2D eigenvalue weighted by Crippen LogP contribution is -2.27. The maximum atomic E-state index is 11.6. The first-order valence-electron chi connectivity index (χ1n) is 6.22. The van der Waals surface area contributed by atoms with E-state index in [9.17, 15) is 15.0 Å². The number of thiazole rings is 1. The number of carbonyl (C=O) groups excluding carboxylic acids is 1. The zero-order valence-electron chi connectivity index (χ0n) is 11.9. The number of hydrogen-bond donors (Lipinski definition) is 3. The van der Waals surface area contributed by atoms with E-state index in [-0.39, 0.29) is 11.5 Å². The van der Waals surface area contributed by atoms with E-state index in [0.29, 0.717) is 16.4 Å². The van der Waals surface area contributed by atoms with E-state index in [4.69, 9.17) is 4.74 Å². The number of aromatic nitrogens is 1. The summed E-state index contributed by atoms with van der Waals surface area (Å²) >= 11 is 1.24. The van der Waals surface area contributed by atoms with Gasteiger partial charge in [-0.15, -0.1) is 11.3 Å². The summed E-state index contributed by atoms with van der Waals surface area (Å²) < 4.78 is 5.14. The minimum atomic E-state index is -0.576. The van der Waals surface area contributed by atoms with E-state index in [1.54, 1.807) is 32.2 Å². The number of nitrogens with one attached hydrogen (secondary N) is 1. The first-order chi connectivity index (χ1) is 9.74. The predicted molar refractivity (Wildman–Crippen MR) is 80.7 cm³/mol. The summed E-state index contributed by atoms with van der Waals surface area (Å²) in [5, 5.41) is 23.4. The summed E-state index contributed by atoms with van der Waals surface area (Å²) in [6.45, 7) is 5.33. The summed E-state index contributed by atoms with van der Waals surface area (Å²) in [6.07, 6.45) is -0.572. The molecule has 1 aromatic heterocycles. The minimum absolute atomic E-state index is 0.193. The molecule has 0 saturated carbocycles. The van der Waals surface area contributed by atoms with E-state index in [1.165, 1.54) is 23.5 Å². The van der Waals surface area contributed by atoms with E-state index >= 15 is 0 Å². The summed E-state index contributed by atoms with van der Waals surface area (Å²) in [5.41, 5.74) is 0.646. The molecule has 0 aliphatic rings. The molecule has 3 N–H and O–H groups in total. The van der Waals surface area contributed by atoms with Crippen LogP contribution in [0, 0.1) is 0 Å². The zero-order valence-corrected chi connectivity index (χ0v) is 12.7. The smallest absolute Gasteiger partial charge is 0.413 e. The second-order valence-electron chi connectivity index (χ2n) is 5.37.